The Morgan fingerprint density at radius 1 is 1.33 bits per heavy atom. The molecule has 0 aliphatic carbocycles. The summed E-state index contributed by atoms with van der Waals surface area (Å²) in [5, 5.41) is 22.3. The highest BCUT2D eigenvalue weighted by Gasteiger charge is 2.15. The first-order valence-corrected chi connectivity index (χ1v) is 7.44. The molecule has 0 spiro atoms. The second-order valence-corrected chi connectivity index (χ2v) is 5.34. The summed E-state index contributed by atoms with van der Waals surface area (Å²) >= 11 is 6.11. The maximum absolute atomic E-state index is 13.4. The fourth-order valence-corrected chi connectivity index (χ4v) is 2.25. The Morgan fingerprint density at radius 2 is 2.21 bits per heavy atom. The van der Waals surface area contributed by atoms with E-state index in [0.29, 0.717) is 23.0 Å². The smallest absolute Gasteiger partial charge is 0.229 e. The van der Waals surface area contributed by atoms with E-state index >= 15 is 0 Å². The summed E-state index contributed by atoms with van der Waals surface area (Å²) in [5.41, 5.74) is 1.27. The van der Waals surface area contributed by atoms with E-state index in [1.807, 2.05) is 0 Å². The summed E-state index contributed by atoms with van der Waals surface area (Å²) in [6.07, 6.45) is 4.65. The van der Waals surface area contributed by atoms with Crippen molar-refractivity contribution in [3.8, 4) is 0 Å². The number of hydrogen-bond acceptors (Lipinski definition) is 6. The molecule has 1 atom stereocenters. The van der Waals surface area contributed by atoms with E-state index in [2.05, 4.69) is 30.8 Å². The Labute approximate surface area is 141 Å². The Bertz CT molecular complexity index is 813. The quantitative estimate of drug-likeness (QED) is 0.546. The summed E-state index contributed by atoms with van der Waals surface area (Å²) in [6, 6.07) is 5.39. The monoisotopic (exact) mass is 348 g/mol. The number of aromatic amines is 1. The van der Waals surface area contributed by atoms with Gasteiger partial charge in [0.25, 0.3) is 0 Å². The minimum absolute atomic E-state index is 0.256. The van der Waals surface area contributed by atoms with E-state index in [0.717, 1.165) is 0 Å². The molecule has 1 aromatic carbocycles. The summed E-state index contributed by atoms with van der Waals surface area (Å²) in [5.74, 6) is 0.240. The largest absolute Gasteiger partial charge is 0.394 e. The van der Waals surface area contributed by atoms with Gasteiger partial charge < -0.3 is 15.7 Å². The van der Waals surface area contributed by atoms with Gasteiger partial charge >= 0.3 is 0 Å². The number of rotatable bonds is 6. The van der Waals surface area contributed by atoms with Crippen molar-refractivity contribution in [2.24, 2.45) is 0 Å². The van der Waals surface area contributed by atoms with Gasteiger partial charge in [0.2, 0.25) is 5.95 Å². The topological polar surface area (TPSA) is 98.7 Å². The van der Waals surface area contributed by atoms with E-state index in [9.17, 15) is 9.50 Å². The third-order valence-electron chi connectivity index (χ3n) is 3.24. The Hall–Kier alpha value is -2.71. The van der Waals surface area contributed by atoms with E-state index in [-0.39, 0.29) is 17.4 Å². The van der Waals surface area contributed by atoms with Crippen LogP contribution in [0, 0.1) is 5.82 Å². The molecule has 0 fully saturated rings. The van der Waals surface area contributed by atoms with Crippen molar-refractivity contribution in [3.63, 3.8) is 0 Å². The van der Waals surface area contributed by atoms with Crippen LogP contribution in [0.1, 0.15) is 11.6 Å². The molecule has 0 bridgehead atoms. The van der Waals surface area contributed by atoms with Gasteiger partial charge in [0.15, 0.2) is 5.82 Å². The number of H-pyrrole nitrogens is 1. The van der Waals surface area contributed by atoms with Gasteiger partial charge in [-0.05, 0) is 17.7 Å². The molecule has 0 aliphatic rings. The molecule has 3 rings (SSSR count). The van der Waals surface area contributed by atoms with Crippen molar-refractivity contribution in [1.29, 1.82) is 0 Å². The molecule has 3 aromatic rings. The maximum Gasteiger partial charge on any atom is 0.229 e. The van der Waals surface area contributed by atoms with Gasteiger partial charge in [-0.15, -0.1) is 0 Å². The molecular formula is C15H14ClFN6O. The van der Waals surface area contributed by atoms with Crippen LogP contribution in [0.25, 0.3) is 0 Å². The van der Waals surface area contributed by atoms with E-state index in [1.165, 1.54) is 18.3 Å². The Morgan fingerprint density at radius 3 is 2.92 bits per heavy atom. The van der Waals surface area contributed by atoms with Gasteiger partial charge in [0.1, 0.15) is 10.8 Å². The van der Waals surface area contributed by atoms with Crippen molar-refractivity contribution in [2.45, 2.75) is 6.04 Å². The van der Waals surface area contributed by atoms with E-state index in [1.54, 1.807) is 24.5 Å². The number of aromatic nitrogens is 4. The van der Waals surface area contributed by atoms with Gasteiger partial charge in [0.05, 0.1) is 30.7 Å². The minimum atomic E-state index is -0.560. The predicted molar refractivity (Wildman–Crippen MR) is 88.8 cm³/mol. The zero-order chi connectivity index (χ0) is 16.9. The van der Waals surface area contributed by atoms with Gasteiger partial charge in [-0.1, -0.05) is 23.7 Å². The lowest BCUT2D eigenvalue weighted by molar-refractivity contribution is 0.276. The summed E-state index contributed by atoms with van der Waals surface area (Å²) in [7, 11) is 0. The second-order valence-electron chi connectivity index (χ2n) is 4.94. The SMILES string of the molecule is OC[C@@H](Nc1nc(Nc2cn[nH]c2)ncc1Cl)c1cccc(F)c1. The first-order chi connectivity index (χ1) is 11.7. The fourth-order valence-electron chi connectivity index (χ4n) is 2.10. The zero-order valence-electron chi connectivity index (χ0n) is 12.4. The molecule has 0 unspecified atom stereocenters. The van der Waals surface area contributed by atoms with Crippen LogP contribution in [0.2, 0.25) is 5.02 Å². The summed E-state index contributed by atoms with van der Waals surface area (Å²) < 4.78 is 13.4. The van der Waals surface area contributed by atoms with Crippen molar-refractivity contribution in [2.75, 3.05) is 17.2 Å². The van der Waals surface area contributed by atoms with Crippen LogP contribution in [-0.2, 0) is 0 Å². The number of hydrogen-bond donors (Lipinski definition) is 4. The molecule has 24 heavy (non-hydrogen) atoms. The average molecular weight is 349 g/mol. The van der Waals surface area contributed by atoms with E-state index < -0.39 is 6.04 Å². The average Bonchev–Trinajstić information content (AvgIpc) is 3.08. The first kappa shape index (κ1) is 16.2. The first-order valence-electron chi connectivity index (χ1n) is 7.07. The lowest BCUT2D eigenvalue weighted by Crippen LogP contribution is -2.16. The third-order valence-corrected chi connectivity index (χ3v) is 3.52. The van der Waals surface area contributed by atoms with Crippen LogP contribution in [0.5, 0.6) is 0 Å². The standard InChI is InChI=1S/C15H14ClFN6O/c16-12-7-18-15(21-11-5-19-20-6-11)23-14(12)22-13(8-24)9-2-1-3-10(17)4-9/h1-7,13,24H,8H2,(H,19,20)(H2,18,21,22,23)/t13-/m1/s1. The fraction of sp³-hybridized carbons (Fsp3) is 0.133. The highest BCUT2D eigenvalue weighted by atomic mass is 35.5. The van der Waals surface area contributed by atoms with Gasteiger partial charge in [-0.25, -0.2) is 9.37 Å². The number of anilines is 3. The summed E-state index contributed by atoms with van der Waals surface area (Å²) in [6.45, 7) is -0.256. The zero-order valence-corrected chi connectivity index (χ0v) is 13.1. The number of aliphatic hydroxyl groups is 1. The molecule has 0 saturated carbocycles. The van der Waals surface area contributed by atoms with Crippen molar-refractivity contribution >= 4 is 29.1 Å². The number of nitrogens with one attached hydrogen (secondary N) is 3. The van der Waals surface area contributed by atoms with Crippen LogP contribution < -0.4 is 10.6 Å². The molecule has 2 heterocycles. The van der Waals surface area contributed by atoms with Gasteiger partial charge in [-0.2, -0.15) is 10.1 Å². The number of benzene rings is 1. The highest BCUT2D eigenvalue weighted by Crippen LogP contribution is 2.26. The van der Waals surface area contributed by atoms with Crippen molar-refractivity contribution in [1.82, 2.24) is 20.2 Å². The molecule has 0 amide bonds. The minimum Gasteiger partial charge on any atom is -0.394 e. The third kappa shape index (κ3) is 3.79. The Kier molecular flexibility index (Phi) is 4.88. The van der Waals surface area contributed by atoms with Gasteiger partial charge in [-0.3, -0.25) is 5.10 Å². The Balaban J connectivity index is 1.82. The van der Waals surface area contributed by atoms with Crippen LogP contribution in [0.4, 0.5) is 21.8 Å². The van der Waals surface area contributed by atoms with E-state index in [4.69, 9.17) is 11.6 Å². The highest BCUT2D eigenvalue weighted by molar-refractivity contribution is 6.32. The maximum atomic E-state index is 13.4. The number of aliphatic hydroxyl groups excluding tert-OH is 1. The molecular weight excluding hydrogens is 335 g/mol. The molecule has 0 aliphatic heterocycles. The predicted octanol–water partition coefficient (Wildman–Crippen LogP) is 2.88. The molecule has 9 heteroatoms. The molecule has 4 N–H and O–H groups in total. The van der Waals surface area contributed by atoms with Crippen LogP contribution >= 0.6 is 11.6 Å². The van der Waals surface area contributed by atoms with Crippen molar-refractivity contribution in [3.05, 3.63) is 59.3 Å². The molecule has 124 valence electrons. The number of nitrogens with zero attached hydrogens (tertiary/aromatic N) is 3. The molecule has 7 nitrogen and oxygen atoms in total. The molecule has 0 radical (unpaired) electrons. The summed E-state index contributed by atoms with van der Waals surface area (Å²) in [4.78, 5) is 8.35. The normalized spacial score (nSPS) is 12.0. The van der Waals surface area contributed by atoms with Crippen LogP contribution in [0.3, 0.4) is 0 Å². The lowest BCUT2D eigenvalue weighted by atomic mass is 10.1. The van der Waals surface area contributed by atoms with Crippen LogP contribution in [-0.4, -0.2) is 31.9 Å². The lowest BCUT2D eigenvalue weighted by Gasteiger charge is -2.18. The van der Waals surface area contributed by atoms with Gasteiger partial charge in [0, 0.05) is 6.20 Å². The molecule has 2 aromatic heterocycles. The molecule has 0 saturated heterocycles. The van der Waals surface area contributed by atoms with Crippen molar-refractivity contribution < 1.29 is 9.50 Å². The number of halogens is 2. The van der Waals surface area contributed by atoms with Crippen LogP contribution in [0.15, 0.2) is 42.9 Å². The second kappa shape index (κ2) is 7.24.